The molecule has 2 rings (SSSR count). The largest absolute Gasteiger partial charge is 0.474 e. The Labute approximate surface area is 91.7 Å². The van der Waals surface area contributed by atoms with E-state index in [-0.39, 0.29) is 13.2 Å². The highest BCUT2D eigenvalue weighted by Crippen LogP contribution is 2.30. The molecule has 0 amide bonds. The van der Waals surface area contributed by atoms with Crippen LogP contribution in [0.4, 0.5) is 0 Å². The topological polar surface area (TPSA) is 55.2 Å². The Bertz CT molecular complexity index is 481. The van der Waals surface area contributed by atoms with Gasteiger partial charge in [0.1, 0.15) is 11.4 Å². The van der Waals surface area contributed by atoms with E-state index in [9.17, 15) is 0 Å². The first-order chi connectivity index (χ1) is 7.22. The second-order valence-corrected chi connectivity index (χ2v) is 4.07. The molecule has 2 aromatic rings. The quantitative estimate of drug-likeness (QED) is 0.861. The van der Waals surface area contributed by atoms with Gasteiger partial charge in [0.05, 0.1) is 12.0 Å². The van der Waals surface area contributed by atoms with E-state index >= 15 is 0 Å². The lowest BCUT2D eigenvalue weighted by Crippen LogP contribution is -2.02. The van der Waals surface area contributed by atoms with Crippen molar-refractivity contribution in [3.63, 3.8) is 0 Å². The summed E-state index contributed by atoms with van der Waals surface area (Å²) in [4.78, 5) is 5.27. The lowest BCUT2D eigenvalue weighted by Gasteiger charge is -2.02. The monoisotopic (exact) mass is 224 g/mol. The first-order valence-electron chi connectivity index (χ1n) is 4.69. The van der Waals surface area contributed by atoms with Gasteiger partial charge in [0.2, 0.25) is 5.88 Å². The summed E-state index contributed by atoms with van der Waals surface area (Å²) < 4.78 is 9.52. The van der Waals surface area contributed by atoms with Gasteiger partial charge in [-0.3, -0.25) is 0 Å². The van der Waals surface area contributed by atoms with Crippen LogP contribution in [-0.2, 0) is 0 Å². The van der Waals surface area contributed by atoms with Gasteiger partial charge < -0.3 is 9.84 Å². The summed E-state index contributed by atoms with van der Waals surface area (Å²) in [6.07, 6.45) is 0. The molecule has 0 aromatic carbocycles. The first kappa shape index (κ1) is 10.3. The summed E-state index contributed by atoms with van der Waals surface area (Å²) >= 11 is 1.32. The Morgan fingerprint density at radius 3 is 3.00 bits per heavy atom. The van der Waals surface area contributed by atoms with E-state index in [2.05, 4.69) is 9.36 Å². The maximum Gasteiger partial charge on any atom is 0.235 e. The number of rotatable bonds is 3. The molecule has 80 valence electrons. The van der Waals surface area contributed by atoms with Gasteiger partial charge in [-0.25, -0.2) is 4.98 Å². The van der Waals surface area contributed by atoms with Crippen molar-refractivity contribution in [2.24, 2.45) is 0 Å². The van der Waals surface area contributed by atoms with Crippen molar-refractivity contribution in [2.75, 3.05) is 13.2 Å². The predicted molar refractivity (Wildman–Crippen MR) is 59.5 cm³/mol. The maximum absolute atomic E-state index is 8.69. The van der Waals surface area contributed by atoms with Crippen LogP contribution in [0.25, 0.3) is 10.2 Å². The van der Waals surface area contributed by atoms with Crippen molar-refractivity contribution in [1.82, 2.24) is 9.36 Å². The number of hydrogen-bond donors (Lipinski definition) is 1. The van der Waals surface area contributed by atoms with Gasteiger partial charge in [-0.15, -0.1) is 0 Å². The van der Waals surface area contributed by atoms with Gasteiger partial charge in [-0.2, -0.15) is 4.37 Å². The molecule has 15 heavy (non-hydrogen) atoms. The summed E-state index contributed by atoms with van der Waals surface area (Å²) in [5, 5.41) is 9.64. The van der Waals surface area contributed by atoms with Gasteiger partial charge in [-0.05, 0) is 37.0 Å². The van der Waals surface area contributed by atoms with E-state index in [0.717, 1.165) is 21.5 Å². The van der Waals surface area contributed by atoms with Crippen molar-refractivity contribution in [2.45, 2.75) is 13.8 Å². The summed E-state index contributed by atoms with van der Waals surface area (Å²) in [7, 11) is 0. The molecular formula is C10H12N2O2S. The van der Waals surface area contributed by atoms with E-state index < -0.39 is 0 Å². The second kappa shape index (κ2) is 4.12. The average Bonchev–Trinajstić information content (AvgIpc) is 2.58. The van der Waals surface area contributed by atoms with Gasteiger partial charge in [0.15, 0.2) is 0 Å². The smallest absolute Gasteiger partial charge is 0.235 e. The zero-order valence-corrected chi connectivity index (χ0v) is 9.47. The number of fused-ring (bicyclic) bond motifs is 1. The molecule has 0 unspecified atom stereocenters. The number of pyridine rings is 1. The van der Waals surface area contributed by atoms with Gasteiger partial charge >= 0.3 is 0 Å². The lowest BCUT2D eigenvalue weighted by molar-refractivity contribution is 0.199. The van der Waals surface area contributed by atoms with Gasteiger partial charge in [0, 0.05) is 5.69 Å². The number of aliphatic hydroxyl groups is 1. The molecule has 0 aliphatic rings. The third-order valence-corrected chi connectivity index (χ3v) is 2.80. The number of aryl methyl sites for hydroxylation is 2. The van der Waals surface area contributed by atoms with Crippen molar-refractivity contribution < 1.29 is 9.84 Å². The molecule has 0 aliphatic heterocycles. The van der Waals surface area contributed by atoms with Crippen LogP contribution in [0.5, 0.6) is 5.88 Å². The number of nitrogens with zero attached hydrogens (tertiary/aromatic N) is 2. The van der Waals surface area contributed by atoms with E-state index in [1.165, 1.54) is 11.5 Å². The molecule has 0 aliphatic carbocycles. The third kappa shape index (κ3) is 1.93. The second-order valence-electron chi connectivity index (χ2n) is 3.32. The van der Waals surface area contributed by atoms with E-state index in [4.69, 9.17) is 9.84 Å². The standard InChI is InChI=1S/C10H12N2O2S/c1-6-5-7(2)11-10-8(6)9(12-15-10)14-4-3-13/h5,13H,3-4H2,1-2H3. The fourth-order valence-electron chi connectivity index (χ4n) is 1.50. The molecule has 1 N–H and O–H groups in total. The Morgan fingerprint density at radius 2 is 2.27 bits per heavy atom. The van der Waals surface area contributed by atoms with E-state index in [1.54, 1.807) is 0 Å². The fraction of sp³-hybridized carbons (Fsp3) is 0.400. The van der Waals surface area contributed by atoms with Crippen molar-refractivity contribution >= 4 is 21.7 Å². The molecule has 0 radical (unpaired) electrons. The summed E-state index contributed by atoms with van der Waals surface area (Å²) in [6, 6.07) is 2.00. The average molecular weight is 224 g/mol. The Hall–Kier alpha value is -1.20. The van der Waals surface area contributed by atoms with Crippen LogP contribution in [0.3, 0.4) is 0 Å². The number of aliphatic hydroxyl groups excluding tert-OH is 1. The lowest BCUT2D eigenvalue weighted by atomic mass is 10.2. The van der Waals surface area contributed by atoms with Crippen LogP contribution in [0.15, 0.2) is 6.07 Å². The number of ether oxygens (including phenoxy) is 1. The molecule has 2 heterocycles. The van der Waals surface area contributed by atoms with Gasteiger partial charge in [-0.1, -0.05) is 0 Å². The van der Waals surface area contributed by atoms with E-state index in [0.29, 0.717) is 5.88 Å². The van der Waals surface area contributed by atoms with Crippen molar-refractivity contribution in [3.8, 4) is 5.88 Å². The van der Waals surface area contributed by atoms with Crippen molar-refractivity contribution in [3.05, 3.63) is 17.3 Å². The maximum atomic E-state index is 8.69. The van der Waals surface area contributed by atoms with Crippen LogP contribution in [0.2, 0.25) is 0 Å². The molecular weight excluding hydrogens is 212 g/mol. The van der Waals surface area contributed by atoms with Crippen LogP contribution in [0.1, 0.15) is 11.3 Å². The first-order valence-corrected chi connectivity index (χ1v) is 5.47. The normalized spacial score (nSPS) is 10.9. The Morgan fingerprint density at radius 1 is 1.47 bits per heavy atom. The fourth-order valence-corrected chi connectivity index (χ4v) is 2.34. The minimum Gasteiger partial charge on any atom is -0.474 e. The van der Waals surface area contributed by atoms with Gasteiger partial charge in [0.25, 0.3) is 0 Å². The summed E-state index contributed by atoms with van der Waals surface area (Å²) in [5.41, 5.74) is 2.09. The van der Waals surface area contributed by atoms with Crippen LogP contribution in [-0.4, -0.2) is 27.7 Å². The Kier molecular flexibility index (Phi) is 2.83. The molecule has 0 spiro atoms. The highest BCUT2D eigenvalue weighted by Gasteiger charge is 2.11. The molecule has 0 saturated heterocycles. The van der Waals surface area contributed by atoms with Crippen LogP contribution >= 0.6 is 11.5 Å². The van der Waals surface area contributed by atoms with Crippen molar-refractivity contribution in [1.29, 1.82) is 0 Å². The number of hydrogen-bond acceptors (Lipinski definition) is 5. The van der Waals surface area contributed by atoms with E-state index in [1.807, 2.05) is 19.9 Å². The minimum atomic E-state index is -0.00262. The molecule has 4 nitrogen and oxygen atoms in total. The zero-order chi connectivity index (χ0) is 10.8. The SMILES string of the molecule is Cc1cc(C)c2c(OCCO)nsc2n1. The highest BCUT2D eigenvalue weighted by atomic mass is 32.1. The number of aromatic nitrogens is 2. The predicted octanol–water partition coefficient (Wildman–Crippen LogP) is 1.68. The van der Waals surface area contributed by atoms with Crippen LogP contribution in [0, 0.1) is 13.8 Å². The molecule has 0 saturated carbocycles. The molecule has 5 heteroatoms. The highest BCUT2D eigenvalue weighted by molar-refractivity contribution is 7.13. The molecule has 0 atom stereocenters. The summed E-state index contributed by atoms with van der Waals surface area (Å²) in [6.45, 7) is 4.24. The minimum absolute atomic E-state index is 0.00262. The zero-order valence-electron chi connectivity index (χ0n) is 8.65. The third-order valence-electron chi connectivity index (χ3n) is 2.07. The summed E-state index contributed by atoms with van der Waals surface area (Å²) in [5.74, 6) is 0.578. The Balaban J connectivity index is 2.49. The molecule has 2 aromatic heterocycles. The molecule has 0 bridgehead atoms. The van der Waals surface area contributed by atoms with Crippen LogP contribution < -0.4 is 4.74 Å². The molecule has 0 fully saturated rings.